The van der Waals surface area contributed by atoms with E-state index in [0.717, 1.165) is 0 Å². The third-order valence-electron chi connectivity index (χ3n) is 1.09. The van der Waals surface area contributed by atoms with Gasteiger partial charge in [-0.1, -0.05) is 5.16 Å². The first kappa shape index (κ1) is 7.71. The number of oxime groups is 1. The minimum atomic E-state index is -0.544. The summed E-state index contributed by atoms with van der Waals surface area (Å²) in [6, 6.07) is 0. The molecule has 11 heavy (non-hydrogen) atoms. The van der Waals surface area contributed by atoms with E-state index in [1.54, 1.807) is 0 Å². The fourth-order valence-corrected chi connectivity index (χ4v) is 0.628. The van der Waals surface area contributed by atoms with Gasteiger partial charge in [-0.05, 0) is 0 Å². The highest BCUT2D eigenvalue weighted by Crippen LogP contribution is 2.02. The van der Waals surface area contributed by atoms with Crippen LogP contribution in [0.5, 0.6) is 0 Å². The molecule has 0 aliphatic carbocycles. The van der Waals surface area contributed by atoms with Crippen molar-refractivity contribution in [2.75, 3.05) is 6.61 Å². The van der Waals surface area contributed by atoms with Crippen molar-refractivity contribution < 1.29 is 19.2 Å². The largest absolute Gasteiger partial charge is 0.461 e. The lowest BCUT2D eigenvalue weighted by Gasteiger charge is -1.90. The Balaban J connectivity index is 2.52. The third kappa shape index (κ3) is 2.03. The highest BCUT2D eigenvalue weighted by atomic mass is 16.7. The molecule has 0 radical (unpaired) electrons. The Morgan fingerprint density at radius 1 is 1.73 bits per heavy atom. The van der Waals surface area contributed by atoms with Gasteiger partial charge in [-0.3, -0.25) is 0 Å². The van der Waals surface area contributed by atoms with E-state index in [9.17, 15) is 9.59 Å². The lowest BCUT2D eigenvalue weighted by atomic mass is 10.3. The molecule has 5 heteroatoms. The van der Waals surface area contributed by atoms with Crippen LogP contribution in [0.4, 0.5) is 0 Å². The van der Waals surface area contributed by atoms with Crippen molar-refractivity contribution in [1.29, 1.82) is 0 Å². The van der Waals surface area contributed by atoms with Gasteiger partial charge in [0, 0.05) is 13.3 Å². The Bertz CT molecular complexity index is 221. The van der Waals surface area contributed by atoms with Gasteiger partial charge in [0.05, 0.1) is 6.61 Å². The molecule has 1 saturated heterocycles. The zero-order valence-corrected chi connectivity index (χ0v) is 5.99. The fraction of sp³-hybridized carbons (Fsp3) is 0.500. The van der Waals surface area contributed by atoms with Crippen LogP contribution in [0.25, 0.3) is 0 Å². The summed E-state index contributed by atoms with van der Waals surface area (Å²) >= 11 is 0. The number of cyclic esters (lactones) is 1. The normalized spacial score (nSPS) is 20.1. The van der Waals surface area contributed by atoms with Crippen LogP contribution >= 0.6 is 0 Å². The van der Waals surface area contributed by atoms with Gasteiger partial charge in [-0.25, -0.2) is 9.59 Å². The van der Waals surface area contributed by atoms with Gasteiger partial charge in [0.25, 0.3) is 0 Å². The summed E-state index contributed by atoms with van der Waals surface area (Å²) in [5.74, 6) is -1.05. The van der Waals surface area contributed by atoms with Crippen molar-refractivity contribution >= 4 is 17.7 Å². The average Bonchev–Trinajstić information content (AvgIpc) is 2.31. The number of rotatable bonds is 1. The Morgan fingerprint density at radius 2 is 2.45 bits per heavy atom. The van der Waals surface area contributed by atoms with Crippen molar-refractivity contribution in [3.8, 4) is 0 Å². The maximum atomic E-state index is 10.6. The van der Waals surface area contributed by atoms with E-state index < -0.39 is 11.9 Å². The van der Waals surface area contributed by atoms with Crippen LogP contribution < -0.4 is 0 Å². The molecule has 0 amide bonds. The van der Waals surface area contributed by atoms with Crippen molar-refractivity contribution in [2.24, 2.45) is 5.16 Å². The number of ether oxygens (including phenoxy) is 1. The van der Waals surface area contributed by atoms with Gasteiger partial charge in [0.15, 0.2) is 5.71 Å². The maximum Gasteiger partial charge on any atom is 0.356 e. The summed E-state index contributed by atoms with van der Waals surface area (Å²) in [6.07, 6.45) is 0.409. The highest BCUT2D eigenvalue weighted by Gasteiger charge is 2.21. The standard InChI is InChI=1S/C6H7NO4/c1-4(8)11-7-5-2-3-10-6(5)9/h2-3H2,1H3/b7-5-. The molecule has 0 saturated carbocycles. The first-order chi connectivity index (χ1) is 5.20. The summed E-state index contributed by atoms with van der Waals surface area (Å²) in [5.41, 5.74) is 0.167. The van der Waals surface area contributed by atoms with Crippen LogP contribution in [0.1, 0.15) is 13.3 Å². The molecule has 0 aromatic heterocycles. The van der Waals surface area contributed by atoms with E-state index in [-0.39, 0.29) is 5.71 Å². The van der Waals surface area contributed by atoms with E-state index in [4.69, 9.17) is 0 Å². The molecule has 60 valence electrons. The molecular formula is C6H7NO4. The molecule has 0 N–H and O–H groups in total. The topological polar surface area (TPSA) is 65.0 Å². The maximum absolute atomic E-state index is 10.6. The predicted molar refractivity (Wildman–Crippen MR) is 34.8 cm³/mol. The molecule has 5 nitrogen and oxygen atoms in total. The highest BCUT2D eigenvalue weighted by molar-refractivity contribution is 6.37. The summed E-state index contributed by atoms with van der Waals surface area (Å²) in [4.78, 5) is 25.1. The zero-order valence-electron chi connectivity index (χ0n) is 5.99. The average molecular weight is 157 g/mol. The molecule has 0 atom stereocenters. The van der Waals surface area contributed by atoms with Crippen molar-refractivity contribution in [1.82, 2.24) is 0 Å². The van der Waals surface area contributed by atoms with E-state index >= 15 is 0 Å². The van der Waals surface area contributed by atoms with Crippen molar-refractivity contribution in [2.45, 2.75) is 13.3 Å². The van der Waals surface area contributed by atoms with Crippen molar-refractivity contribution in [3.05, 3.63) is 0 Å². The molecule has 0 spiro atoms. The van der Waals surface area contributed by atoms with Crippen LogP contribution in [0.3, 0.4) is 0 Å². The lowest BCUT2D eigenvalue weighted by molar-refractivity contribution is -0.141. The molecule has 0 unspecified atom stereocenters. The number of hydrogen-bond donors (Lipinski definition) is 0. The molecule has 1 aliphatic rings. The molecule has 0 aromatic rings. The summed E-state index contributed by atoms with van der Waals surface area (Å²) in [7, 11) is 0. The van der Waals surface area contributed by atoms with Crippen molar-refractivity contribution in [3.63, 3.8) is 0 Å². The van der Waals surface area contributed by atoms with Crippen LogP contribution in [0.2, 0.25) is 0 Å². The summed E-state index contributed by atoms with van der Waals surface area (Å²) in [5, 5.41) is 3.30. The molecule has 1 heterocycles. The second-order valence-corrected chi connectivity index (χ2v) is 2.01. The number of esters is 1. The number of carbonyl (C=O) groups excluding carboxylic acids is 2. The van der Waals surface area contributed by atoms with E-state index in [2.05, 4.69) is 14.7 Å². The van der Waals surface area contributed by atoms with Gasteiger partial charge >= 0.3 is 11.9 Å². The number of hydrogen-bond acceptors (Lipinski definition) is 5. The Kier molecular flexibility index (Phi) is 2.20. The van der Waals surface area contributed by atoms with Gasteiger partial charge < -0.3 is 9.57 Å². The van der Waals surface area contributed by atoms with Crippen LogP contribution in [0, 0.1) is 0 Å². The lowest BCUT2D eigenvalue weighted by Crippen LogP contribution is -2.07. The third-order valence-corrected chi connectivity index (χ3v) is 1.09. The molecule has 1 rings (SSSR count). The molecule has 0 aromatic carbocycles. The molecule has 1 fully saturated rings. The van der Waals surface area contributed by atoms with E-state index in [1.165, 1.54) is 6.92 Å². The monoisotopic (exact) mass is 157 g/mol. The smallest absolute Gasteiger partial charge is 0.356 e. The number of nitrogens with zero attached hydrogens (tertiary/aromatic N) is 1. The minimum absolute atomic E-state index is 0.167. The summed E-state index contributed by atoms with van der Waals surface area (Å²) in [6.45, 7) is 1.53. The van der Waals surface area contributed by atoms with Crippen LogP contribution in [0.15, 0.2) is 5.16 Å². The summed E-state index contributed by atoms with van der Waals surface area (Å²) < 4.78 is 4.54. The molecular weight excluding hydrogens is 150 g/mol. The Labute approximate surface area is 63.0 Å². The van der Waals surface area contributed by atoms with Gasteiger partial charge in [-0.15, -0.1) is 0 Å². The van der Waals surface area contributed by atoms with E-state index in [1.807, 2.05) is 0 Å². The van der Waals surface area contributed by atoms with Crippen LogP contribution in [-0.2, 0) is 19.2 Å². The molecule has 0 bridgehead atoms. The second-order valence-electron chi connectivity index (χ2n) is 2.01. The second kappa shape index (κ2) is 3.14. The Hall–Kier alpha value is -1.39. The quantitative estimate of drug-likeness (QED) is 0.301. The fourth-order valence-electron chi connectivity index (χ4n) is 0.628. The minimum Gasteiger partial charge on any atom is -0.461 e. The van der Waals surface area contributed by atoms with E-state index in [0.29, 0.717) is 13.0 Å². The zero-order chi connectivity index (χ0) is 8.27. The Morgan fingerprint density at radius 3 is 2.91 bits per heavy atom. The SMILES string of the molecule is CC(=O)O/N=C1/CCOC1=O. The van der Waals surface area contributed by atoms with Gasteiger partial charge in [0.2, 0.25) is 0 Å². The number of carbonyl (C=O) groups is 2. The molecule has 1 aliphatic heterocycles. The first-order valence-corrected chi connectivity index (χ1v) is 3.11. The van der Waals surface area contributed by atoms with Crippen LogP contribution in [-0.4, -0.2) is 24.3 Å². The van der Waals surface area contributed by atoms with Gasteiger partial charge in [-0.2, -0.15) is 0 Å². The predicted octanol–water partition coefficient (Wildman–Crippen LogP) is -0.148. The first-order valence-electron chi connectivity index (χ1n) is 3.11. The van der Waals surface area contributed by atoms with Gasteiger partial charge in [0.1, 0.15) is 0 Å².